The van der Waals surface area contributed by atoms with Gasteiger partial charge in [-0.3, -0.25) is 9.69 Å². The van der Waals surface area contributed by atoms with Crippen molar-refractivity contribution in [2.24, 2.45) is 0 Å². The van der Waals surface area contributed by atoms with Crippen molar-refractivity contribution in [1.29, 1.82) is 0 Å². The molecule has 1 aromatic carbocycles. The molecule has 0 aliphatic carbocycles. The molecule has 1 amide bonds. The average Bonchev–Trinajstić information content (AvgIpc) is 2.33. The fraction of sp³-hybridized carbons (Fsp3) is 0.462. The lowest BCUT2D eigenvalue weighted by Crippen LogP contribution is -2.33. The number of carbonyl (C=O) groups is 1. The summed E-state index contributed by atoms with van der Waals surface area (Å²) >= 11 is 12.0. The summed E-state index contributed by atoms with van der Waals surface area (Å²) in [4.78, 5) is 14.0. The highest BCUT2D eigenvalue weighted by atomic mass is 35.5. The molecule has 3 N–H and O–H groups in total. The first kappa shape index (κ1) is 16.1. The Balaban J connectivity index is 2.72. The molecule has 0 unspecified atom stereocenters. The van der Waals surface area contributed by atoms with Gasteiger partial charge in [-0.1, -0.05) is 37.0 Å². The van der Waals surface area contributed by atoms with Crippen molar-refractivity contribution in [3.63, 3.8) is 0 Å². The Morgan fingerprint density at radius 1 is 1.32 bits per heavy atom. The summed E-state index contributed by atoms with van der Waals surface area (Å²) in [5.74, 6) is -0.135. The third kappa shape index (κ3) is 4.90. The maximum absolute atomic E-state index is 11.9. The minimum absolute atomic E-state index is 0.135. The summed E-state index contributed by atoms with van der Waals surface area (Å²) in [6.07, 6.45) is 1.00. The molecule has 0 bridgehead atoms. The highest BCUT2D eigenvalue weighted by Crippen LogP contribution is 2.32. The molecule has 1 aromatic rings. The molecule has 0 aromatic heterocycles. The Hall–Kier alpha value is -0.970. The van der Waals surface area contributed by atoms with Crippen LogP contribution in [0, 0.1) is 0 Å². The van der Waals surface area contributed by atoms with Crippen LogP contribution in [0.5, 0.6) is 0 Å². The molecule has 0 fully saturated rings. The van der Waals surface area contributed by atoms with Gasteiger partial charge in [0, 0.05) is 5.69 Å². The van der Waals surface area contributed by atoms with Gasteiger partial charge in [-0.05, 0) is 31.6 Å². The molecule has 1 rings (SSSR count). The molecule has 0 saturated heterocycles. The summed E-state index contributed by atoms with van der Waals surface area (Å²) < 4.78 is 0. The minimum atomic E-state index is -0.135. The maximum Gasteiger partial charge on any atom is 0.238 e. The van der Waals surface area contributed by atoms with Crippen molar-refractivity contribution in [2.75, 3.05) is 30.7 Å². The van der Waals surface area contributed by atoms with Crippen molar-refractivity contribution in [2.45, 2.75) is 20.3 Å². The van der Waals surface area contributed by atoms with Gasteiger partial charge in [0.15, 0.2) is 0 Å². The van der Waals surface area contributed by atoms with E-state index < -0.39 is 0 Å². The predicted octanol–water partition coefficient (Wildman–Crippen LogP) is 3.25. The van der Waals surface area contributed by atoms with Crippen molar-refractivity contribution in [1.82, 2.24) is 4.90 Å². The highest BCUT2D eigenvalue weighted by Gasteiger charge is 2.13. The first-order valence-electron chi connectivity index (χ1n) is 6.24. The van der Waals surface area contributed by atoms with E-state index in [1.54, 1.807) is 12.1 Å². The molecule has 0 saturated carbocycles. The second-order valence-electron chi connectivity index (χ2n) is 4.28. The van der Waals surface area contributed by atoms with Crippen LogP contribution in [0.15, 0.2) is 12.1 Å². The van der Waals surface area contributed by atoms with Crippen molar-refractivity contribution < 1.29 is 4.79 Å². The number of nitrogens with zero attached hydrogens (tertiary/aromatic N) is 1. The van der Waals surface area contributed by atoms with E-state index in [4.69, 9.17) is 28.9 Å². The second kappa shape index (κ2) is 7.58. The number of halogens is 2. The van der Waals surface area contributed by atoms with E-state index in [0.29, 0.717) is 28.0 Å². The maximum atomic E-state index is 11.9. The SMILES string of the molecule is CCCN(CC)CC(=O)Nc1c(Cl)cc(N)cc1Cl. The zero-order chi connectivity index (χ0) is 14.4. The molecule has 0 atom stereocenters. The van der Waals surface area contributed by atoms with Crippen LogP contribution >= 0.6 is 23.2 Å². The van der Waals surface area contributed by atoms with E-state index in [9.17, 15) is 4.79 Å². The van der Waals surface area contributed by atoms with Crippen molar-refractivity contribution in [3.8, 4) is 0 Å². The Morgan fingerprint density at radius 2 is 1.89 bits per heavy atom. The summed E-state index contributed by atoms with van der Waals surface area (Å²) in [5.41, 5.74) is 6.49. The van der Waals surface area contributed by atoms with Gasteiger partial charge in [0.05, 0.1) is 22.3 Å². The van der Waals surface area contributed by atoms with E-state index in [0.717, 1.165) is 19.5 Å². The Bertz CT molecular complexity index is 429. The lowest BCUT2D eigenvalue weighted by atomic mass is 10.2. The van der Waals surface area contributed by atoms with Crippen LogP contribution in [0.4, 0.5) is 11.4 Å². The summed E-state index contributed by atoms with van der Waals surface area (Å²) in [6, 6.07) is 3.12. The number of anilines is 2. The zero-order valence-corrected chi connectivity index (χ0v) is 12.7. The highest BCUT2D eigenvalue weighted by molar-refractivity contribution is 6.40. The third-order valence-corrected chi connectivity index (χ3v) is 3.28. The first-order valence-corrected chi connectivity index (χ1v) is 7.00. The third-order valence-electron chi connectivity index (χ3n) is 2.68. The van der Waals surface area contributed by atoms with Crippen LogP contribution in [0.1, 0.15) is 20.3 Å². The first-order chi connectivity index (χ1) is 8.97. The fourth-order valence-corrected chi connectivity index (χ4v) is 2.36. The molecule has 6 heteroatoms. The number of hydrogen-bond acceptors (Lipinski definition) is 3. The van der Waals surface area contributed by atoms with Gasteiger partial charge in [-0.15, -0.1) is 0 Å². The van der Waals surface area contributed by atoms with E-state index in [-0.39, 0.29) is 5.91 Å². The second-order valence-corrected chi connectivity index (χ2v) is 5.09. The van der Waals surface area contributed by atoms with Gasteiger partial charge in [0.25, 0.3) is 0 Å². The van der Waals surface area contributed by atoms with E-state index in [1.165, 1.54) is 0 Å². The number of carbonyl (C=O) groups excluding carboxylic acids is 1. The lowest BCUT2D eigenvalue weighted by Gasteiger charge is -2.19. The molecule has 106 valence electrons. The number of benzene rings is 1. The molecule has 0 heterocycles. The molecule has 19 heavy (non-hydrogen) atoms. The number of likely N-dealkylation sites (N-methyl/N-ethyl adjacent to an activating group) is 1. The number of amides is 1. The van der Waals surface area contributed by atoms with Crippen LogP contribution in [0.3, 0.4) is 0 Å². The topological polar surface area (TPSA) is 58.4 Å². The van der Waals surface area contributed by atoms with Gasteiger partial charge < -0.3 is 11.1 Å². The van der Waals surface area contributed by atoms with E-state index in [2.05, 4.69) is 17.1 Å². The Labute approximate surface area is 123 Å². The fourth-order valence-electron chi connectivity index (χ4n) is 1.76. The van der Waals surface area contributed by atoms with Gasteiger partial charge in [-0.25, -0.2) is 0 Å². The number of nitrogens with one attached hydrogen (secondary N) is 1. The van der Waals surface area contributed by atoms with Crippen molar-refractivity contribution in [3.05, 3.63) is 22.2 Å². The van der Waals surface area contributed by atoms with Crippen molar-refractivity contribution >= 4 is 40.5 Å². The quantitative estimate of drug-likeness (QED) is 0.793. The summed E-state index contributed by atoms with van der Waals surface area (Å²) in [7, 11) is 0. The number of nitrogens with two attached hydrogens (primary N) is 1. The zero-order valence-electron chi connectivity index (χ0n) is 11.2. The largest absolute Gasteiger partial charge is 0.399 e. The number of hydrogen-bond donors (Lipinski definition) is 2. The smallest absolute Gasteiger partial charge is 0.238 e. The normalized spacial score (nSPS) is 10.8. The van der Waals surface area contributed by atoms with Crippen LogP contribution in [-0.2, 0) is 4.79 Å². The molecule has 4 nitrogen and oxygen atoms in total. The predicted molar refractivity (Wildman–Crippen MR) is 81.9 cm³/mol. The molecular formula is C13H19Cl2N3O. The van der Waals surface area contributed by atoms with Crippen LogP contribution in [0.25, 0.3) is 0 Å². The monoisotopic (exact) mass is 303 g/mol. The standard InChI is InChI=1S/C13H19Cl2N3O/c1-3-5-18(4-2)8-12(19)17-13-10(14)6-9(16)7-11(13)15/h6-7H,3-5,8,16H2,1-2H3,(H,17,19). The molecule has 0 aliphatic rings. The lowest BCUT2D eigenvalue weighted by molar-refractivity contribution is -0.117. The molecule has 0 aliphatic heterocycles. The Kier molecular flexibility index (Phi) is 6.42. The van der Waals surface area contributed by atoms with Gasteiger partial charge in [-0.2, -0.15) is 0 Å². The van der Waals surface area contributed by atoms with Gasteiger partial charge >= 0.3 is 0 Å². The molecule has 0 radical (unpaired) electrons. The molecule has 0 spiro atoms. The van der Waals surface area contributed by atoms with Crippen LogP contribution in [0.2, 0.25) is 10.0 Å². The van der Waals surface area contributed by atoms with Gasteiger partial charge in [0.1, 0.15) is 0 Å². The summed E-state index contributed by atoms with van der Waals surface area (Å²) in [5, 5.41) is 3.42. The molecular weight excluding hydrogens is 285 g/mol. The Morgan fingerprint density at radius 3 is 2.37 bits per heavy atom. The average molecular weight is 304 g/mol. The number of rotatable bonds is 6. The number of nitrogen functional groups attached to an aromatic ring is 1. The van der Waals surface area contributed by atoms with E-state index >= 15 is 0 Å². The van der Waals surface area contributed by atoms with E-state index in [1.807, 2.05) is 6.92 Å². The van der Waals surface area contributed by atoms with Gasteiger partial charge in [0.2, 0.25) is 5.91 Å². The van der Waals surface area contributed by atoms with Crippen LogP contribution in [-0.4, -0.2) is 30.4 Å². The minimum Gasteiger partial charge on any atom is -0.399 e. The summed E-state index contributed by atoms with van der Waals surface area (Å²) in [6.45, 7) is 6.12. The van der Waals surface area contributed by atoms with Crippen LogP contribution < -0.4 is 11.1 Å².